The van der Waals surface area contributed by atoms with E-state index in [4.69, 9.17) is 4.84 Å². The summed E-state index contributed by atoms with van der Waals surface area (Å²) < 4.78 is 0. The number of hydroxylamine groups is 1. The fraction of sp³-hybridized carbons (Fsp3) is 0.111. The molecule has 0 aromatic heterocycles. The summed E-state index contributed by atoms with van der Waals surface area (Å²) in [5.41, 5.74) is 2.42. The highest BCUT2D eigenvalue weighted by molar-refractivity contribution is 5.72. The molecular weight excluding hydrogens is 138 g/mol. The molecule has 3 rings (SSSR count). The van der Waals surface area contributed by atoms with E-state index >= 15 is 0 Å². The quantitative estimate of drug-likeness (QED) is 0.517. The highest BCUT2D eigenvalue weighted by Gasteiger charge is 2.37. The van der Waals surface area contributed by atoms with Crippen molar-refractivity contribution in [3.63, 3.8) is 0 Å². The van der Waals surface area contributed by atoms with Gasteiger partial charge in [-0.2, -0.15) is 0 Å². The van der Waals surface area contributed by atoms with Crippen LogP contribution >= 0.6 is 0 Å². The first-order valence-electron chi connectivity index (χ1n) is 3.68. The molecular formula is C9H7NO. The van der Waals surface area contributed by atoms with Crippen molar-refractivity contribution in [2.45, 2.75) is 6.23 Å². The molecule has 0 amide bonds. The molecule has 1 unspecified atom stereocenters. The summed E-state index contributed by atoms with van der Waals surface area (Å²) in [6, 6.07) is 8.21. The van der Waals surface area contributed by atoms with Crippen LogP contribution in [0.25, 0.3) is 6.08 Å². The van der Waals surface area contributed by atoms with Crippen LogP contribution in [-0.4, -0.2) is 6.23 Å². The first-order valence-corrected chi connectivity index (χ1v) is 3.68. The average molecular weight is 145 g/mol. The van der Waals surface area contributed by atoms with Gasteiger partial charge in [-0.15, -0.1) is 0 Å². The summed E-state index contributed by atoms with van der Waals surface area (Å²) >= 11 is 0. The molecule has 1 fully saturated rings. The van der Waals surface area contributed by atoms with Gasteiger partial charge in [-0.25, -0.2) is 9.90 Å². The first-order chi connectivity index (χ1) is 5.45. The fourth-order valence-corrected chi connectivity index (χ4v) is 1.41. The van der Waals surface area contributed by atoms with Crippen LogP contribution in [0.2, 0.25) is 0 Å². The van der Waals surface area contributed by atoms with Crippen molar-refractivity contribution in [3.05, 3.63) is 35.9 Å². The van der Waals surface area contributed by atoms with Gasteiger partial charge in [0.2, 0.25) is 0 Å². The van der Waals surface area contributed by atoms with Crippen LogP contribution in [0.15, 0.2) is 30.3 Å². The number of benzene rings is 1. The normalized spacial score (nSPS) is 24.4. The number of rotatable bonds is 0. The fourth-order valence-electron chi connectivity index (χ4n) is 1.41. The monoisotopic (exact) mass is 145 g/mol. The standard InChI is InChI=1S/C9H7NO/c1-2-4-8-7(3-1)5-6-9-10(8)11-9/h1-6,9H. The van der Waals surface area contributed by atoms with E-state index in [2.05, 4.69) is 24.3 Å². The summed E-state index contributed by atoms with van der Waals surface area (Å²) in [6.07, 6.45) is 4.37. The molecule has 1 atom stereocenters. The van der Waals surface area contributed by atoms with Crippen LogP contribution in [0.4, 0.5) is 5.69 Å². The van der Waals surface area contributed by atoms with Crippen LogP contribution in [0.3, 0.4) is 0 Å². The largest absolute Gasteiger partial charge is 0.239 e. The zero-order chi connectivity index (χ0) is 7.26. The Morgan fingerprint density at radius 1 is 1.27 bits per heavy atom. The molecule has 0 aliphatic carbocycles. The van der Waals surface area contributed by atoms with Crippen molar-refractivity contribution in [2.75, 3.05) is 5.06 Å². The maximum absolute atomic E-state index is 5.25. The third-order valence-corrected chi connectivity index (χ3v) is 2.02. The molecule has 1 aromatic rings. The van der Waals surface area contributed by atoms with Gasteiger partial charge in [-0.1, -0.05) is 24.3 Å². The van der Waals surface area contributed by atoms with Gasteiger partial charge in [0.25, 0.3) is 0 Å². The second-order valence-corrected chi connectivity index (χ2v) is 2.74. The maximum atomic E-state index is 5.25. The van der Waals surface area contributed by atoms with E-state index in [-0.39, 0.29) is 6.23 Å². The summed E-state index contributed by atoms with van der Waals surface area (Å²) in [6.45, 7) is 0. The minimum atomic E-state index is 0.213. The number of hydrogen-bond acceptors (Lipinski definition) is 2. The van der Waals surface area contributed by atoms with Gasteiger partial charge in [0.15, 0.2) is 6.23 Å². The van der Waals surface area contributed by atoms with Gasteiger partial charge >= 0.3 is 0 Å². The Hall–Kier alpha value is -1.28. The Bertz CT molecular complexity index is 332. The van der Waals surface area contributed by atoms with Gasteiger partial charge < -0.3 is 0 Å². The van der Waals surface area contributed by atoms with Crippen molar-refractivity contribution in [1.82, 2.24) is 0 Å². The SMILES string of the molecule is C1=CC2ON2c2ccccc21. The summed E-state index contributed by atoms with van der Waals surface area (Å²) in [4.78, 5) is 5.25. The lowest BCUT2D eigenvalue weighted by molar-refractivity contribution is 0.424. The molecule has 54 valence electrons. The predicted molar refractivity (Wildman–Crippen MR) is 42.8 cm³/mol. The number of anilines is 1. The van der Waals surface area contributed by atoms with E-state index in [1.165, 1.54) is 11.3 Å². The van der Waals surface area contributed by atoms with E-state index in [1.807, 2.05) is 17.2 Å². The van der Waals surface area contributed by atoms with Crippen LogP contribution in [0, 0.1) is 0 Å². The molecule has 2 nitrogen and oxygen atoms in total. The summed E-state index contributed by atoms with van der Waals surface area (Å²) in [7, 11) is 0. The smallest absolute Gasteiger partial charge is 0.200 e. The summed E-state index contributed by atoms with van der Waals surface area (Å²) in [5, 5.41) is 1.91. The maximum Gasteiger partial charge on any atom is 0.200 e. The topological polar surface area (TPSA) is 15.5 Å². The Kier molecular flexibility index (Phi) is 0.810. The van der Waals surface area contributed by atoms with Crippen LogP contribution < -0.4 is 5.06 Å². The number of para-hydroxylation sites is 1. The Labute approximate surface area is 64.7 Å². The van der Waals surface area contributed by atoms with Gasteiger partial charge in [-0.3, -0.25) is 0 Å². The highest BCUT2D eigenvalue weighted by Crippen LogP contribution is 2.37. The van der Waals surface area contributed by atoms with E-state index in [9.17, 15) is 0 Å². The molecule has 0 spiro atoms. The zero-order valence-corrected chi connectivity index (χ0v) is 5.90. The van der Waals surface area contributed by atoms with Gasteiger partial charge in [0.05, 0.1) is 5.69 Å². The Morgan fingerprint density at radius 2 is 2.18 bits per heavy atom. The van der Waals surface area contributed by atoms with E-state index in [1.54, 1.807) is 0 Å². The molecule has 11 heavy (non-hydrogen) atoms. The van der Waals surface area contributed by atoms with Gasteiger partial charge in [-0.05, 0) is 12.1 Å². The number of hydrogen-bond donors (Lipinski definition) is 0. The molecule has 1 saturated heterocycles. The van der Waals surface area contributed by atoms with E-state index < -0.39 is 0 Å². The van der Waals surface area contributed by atoms with Crippen LogP contribution in [0.1, 0.15) is 5.56 Å². The zero-order valence-electron chi connectivity index (χ0n) is 5.90. The molecule has 2 aliphatic rings. The van der Waals surface area contributed by atoms with Crippen molar-refractivity contribution in [3.8, 4) is 0 Å². The van der Waals surface area contributed by atoms with Crippen molar-refractivity contribution in [2.24, 2.45) is 0 Å². The highest BCUT2D eigenvalue weighted by atomic mass is 16.8. The van der Waals surface area contributed by atoms with E-state index in [0.29, 0.717) is 0 Å². The molecule has 2 heterocycles. The third-order valence-electron chi connectivity index (χ3n) is 2.02. The lowest BCUT2D eigenvalue weighted by Gasteiger charge is -2.06. The van der Waals surface area contributed by atoms with Crippen molar-refractivity contribution >= 4 is 11.8 Å². The second-order valence-electron chi connectivity index (χ2n) is 2.74. The van der Waals surface area contributed by atoms with Crippen molar-refractivity contribution in [1.29, 1.82) is 0 Å². The van der Waals surface area contributed by atoms with Crippen LogP contribution in [-0.2, 0) is 4.84 Å². The predicted octanol–water partition coefficient (Wildman–Crippen LogP) is 1.79. The lowest BCUT2D eigenvalue weighted by atomic mass is 10.1. The second kappa shape index (κ2) is 1.66. The van der Waals surface area contributed by atoms with Gasteiger partial charge in [0, 0.05) is 5.56 Å². The molecule has 0 saturated carbocycles. The van der Waals surface area contributed by atoms with Crippen LogP contribution in [0.5, 0.6) is 0 Å². The molecule has 0 bridgehead atoms. The van der Waals surface area contributed by atoms with Gasteiger partial charge in [0.1, 0.15) is 0 Å². The minimum Gasteiger partial charge on any atom is -0.239 e. The molecule has 0 radical (unpaired) electrons. The van der Waals surface area contributed by atoms with Crippen molar-refractivity contribution < 1.29 is 4.84 Å². The average Bonchev–Trinajstić information content (AvgIpc) is 2.83. The Balaban J connectivity index is 2.24. The molecule has 0 N–H and O–H groups in total. The minimum absolute atomic E-state index is 0.213. The first kappa shape index (κ1) is 5.38. The molecule has 2 heteroatoms. The Morgan fingerprint density at radius 3 is 3.18 bits per heavy atom. The molecule has 2 aliphatic heterocycles. The number of fused-ring (bicyclic) bond motifs is 3. The summed E-state index contributed by atoms with van der Waals surface area (Å²) in [5.74, 6) is 0. The van der Waals surface area contributed by atoms with E-state index in [0.717, 1.165) is 0 Å². The number of nitrogens with zero attached hydrogens (tertiary/aromatic N) is 1. The molecule has 1 aromatic carbocycles. The lowest BCUT2D eigenvalue weighted by Crippen LogP contribution is -2.01. The third kappa shape index (κ3) is 0.644.